The van der Waals surface area contributed by atoms with E-state index in [0.29, 0.717) is 19.4 Å². The molecule has 0 radical (unpaired) electrons. The molecule has 0 heterocycles. The summed E-state index contributed by atoms with van der Waals surface area (Å²) in [5, 5.41) is 2.51. The van der Waals surface area contributed by atoms with Gasteiger partial charge in [0.1, 0.15) is 0 Å². The Kier molecular flexibility index (Phi) is 4.45. The van der Waals surface area contributed by atoms with Gasteiger partial charge in [-0.2, -0.15) is 0 Å². The molecule has 0 saturated heterocycles. The third-order valence-electron chi connectivity index (χ3n) is 3.03. The minimum absolute atomic E-state index is 0.0769. The molecular formula is C11H19N3O2S. The predicted molar refractivity (Wildman–Crippen MR) is 69.4 cm³/mol. The zero-order valence-electron chi connectivity index (χ0n) is 10.3. The van der Waals surface area contributed by atoms with Gasteiger partial charge in [0, 0.05) is 13.6 Å². The van der Waals surface area contributed by atoms with E-state index >= 15 is 0 Å². The third-order valence-corrected chi connectivity index (χ3v) is 3.42. The van der Waals surface area contributed by atoms with Crippen LogP contribution in [-0.4, -0.2) is 41.8 Å². The number of thiocarbonyl (C=S) groups is 1. The van der Waals surface area contributed by atoms with Crippen LogP contribution in [-0.2, 0) is 9.59 Å². The lowest BCUT2D eigenvalue weighted by atomic mass is 10.1. The first-order valence-electron chi connectivity index (χ1n) is 5.77. The molecule has 1 rings (SSSR count). The molecule has 1 aliphatic carbocycles. The highest BCUT2D eigenvalue weighted by molar-refractivity contribution is 7.80. The van der Waals surface area contributed by atoms with Crippen LogP contribution in [0.5, 0.6) is 0 Å². The van der Waals surface area contributed by atoms with Gasteiger partial charge in [-0.15, -0.1) is 0 Å². The number of carbonyl (C=O) groups excluding carboxylic acids is 2. The van der Waals surface area contributed by atoms with E-state index in [4.69, 9.17) is 18.0 Å². The number of nitrogens with zero attached hydrogens (tertiary/aromatic N) is 1. The van der Waals surface area contributed by atoms with Crippen molar-refractivity contribution < 1.29 is 9.59 Å². The number of amides is 2. The first-order valence-corrected chi connectivity index (χ1v) is 6.18. The number of carbonyl (C=O) groups is 2. The van der Waals surface area contributed by atoms with Gasteiger partial charge >= 0.3 is 0 Å². The highest BCUT2D eigenvalue weighted by Crippen LogP contribution is 2.47. The lowest BCUT2D eigenvalue weighted by Gasteiger charge is -2.25. The maximum absolute atomic E-state index is 12.3. The Labute approximate surface area is 107 Å². The van der Waals surface area contributed by atoms with Gasteiger partial charge in [-0.3, -0.25) is 9.59 Å². The maximum atomic E-state index is 12.3. The van der Waals surface area contributed by atoms with Crippen LogP contribution < -0.4 is 11.1 Å². The minimum Gasteiger partial charge on any atom is -0.392 e. The fraction of sp³-hybridized carbons (Fsp3) is 0.727. The molecule has 0 spiro atoms. The first kappa shape index (κ1) is 13.9. The van der Waals surface area contributed by atoms with Crippen LogP contribution in [0.1, 0.15) is 26.2 Å². The SMILES string of the molecule is CCCN(CC(=O)NC)C(=O)C1(C(N)=S)CC1. The summed E-state index contributed by atoms with van der Waals surface area (Å²) in [5.74, 6) is -0.277. The number of nitrogens with one attached hydrogen (secondary N) is 1. The number of rotatable bonds is 6. The second kappa shape index (κ2) is 5.44. The van der Waals surface area contributed by atoms with Gasteiger partial charge in [-0.25, -0.2) is 0 Å². The number of hydrogen-bond donors (Lipinski definition) is 2. The Hall–Kier alpha value is -1.17. The van der Waals surface area contributed by atoms with Gasteiger partial charge in [0.15, 0.2) is 0 Å². The summed E-state index contributed by atoms with van der Waals surface area (Å²) < 4.78 is 0. The average molecular weight is 257 g/mol. The standard InChI is InChI=1S/C11H19N3O2S/c1-3-6-14(7-8(15)13-2)10(16)11(4-5-11)9(12)17/h3-7H2,1-2H3,(H2,12,17)(H,13,15). The maximum Gasteiger partial charge on any atom is 0.239 e. The van der Waals surface area contributed by atoms with Crippen molar-refractivity contribution in [3.8, 4) is 0 Å². The summed E-state index contributed by atoms with van der Waals surface area (Å²) in [4.78, 5) is 25.4. The van der Waals surface area contributed by atoms with Crippen LogP contribution in [0.3, 0.4) is 0 Å². The lowest BCUT2D eigenvalue weighted by Crippen LogP contribution is -2.46. The molecule has 17 heavy (non-hydrogen) atoms. The molecule has 0 aromatic rings. The molecule has 3 N–H and O–H groups in total. The fourth-order valence-electron chi connectivity index (χ4n) is 1.77. The zero-order valence-corrected chi connectivity index (χ0v) is 11.1. The average Bonchev–Trinajstić information content (AvgIpc) is 3.08. The van der Waals surface area contributed by atoms with E-state index in [1.807, 2.05) is 6.92 Å². The molecule has 5 nitrogen and oxygen atoms in total. The summed E-state index contributed by atoms with van der Waals surface area (Å²) in [5.41, 5.74) is 4.95. The Morgan fingerprint density at radius 2 is 2.06 bits per heavy atom. The smallest absolute Gasteiger partial charge is 0.239 e. The minimum atomic E-state index is -0.668. The van der Waals surface area contributed by atoms with Crippen LogP contribution >= 0.6 is 12.2 Å². The Morgan fingerprint density at radius 1 is 1.47 bits per heavy atom. The van der Waals surface area contributed by atoms with Gasteiger partial charge in [0.05, 0.1) is 16.9 Å². The number of likely N-dealkylation sites (N-methyl/N-ethyl adjacent to an activating group) is 1. The van der Waals surface area contributed by atoms with Crippen molar-refractivity contribution in [2.24, 2.45) is 11.1 Å². The van der Waals surface area contributed by atoms with Gasteiger partial charge in [-0.05, 0) is 19.3 Å². The van der Waals surface area contributed by atoms with Crippen LogP contribution in [0.15, 0.2) is 0 Å². The fourth-order valence-corrected chi connectivity index (χ4v) is 2.06. The molecule has 96 valence electrons. The van der Waals surface area contributed by atoms with Crippen LogP contribution in [0.4, 0.5) is 0 Å². The van der Waals surface area contributed by atoms with Crippen LogP contribution in [0.2, 0.25) is 0 Å². The molecule has 1 saturated carbocycles. The Balaban J connectivity index is 2.74. The van der Waals surface area contributed by atoms with E-state index in [9.17, 15) is 9.59 Å². The van der Waals surface area contributed by atoms with E-state index in [2.05, 4.69) is 5.32 Å². The molecular weight excluding hydrogens is 238 g/mol. The van der Waals surface area contributed by atoms with E-state index in [1.54, 1.807) is 11.9 Å². The molecule has 0 aromatic carbocycles. The Morgan fingerprint density at radius 3 is 2.41 bits per heavy atom. The predicted octanol–water partition coefficient (Wildman–Crippen LogP) is 0.0373. The molecule has 0 aliphatic heterocycles. The highest BCUT2D eigenvalue weighted by Gasteiger charge is 2.54. The van der Waals surface area contributed by atoms with Gasteiger partial charge in [-0.1, -0.05) is 19.1 Å². The highest BCUT2D eigenvalue weighted by atomic mass is 32.1. The summed E-state index contributed by atoms with van der Waals surface area (Å²) in [6.07, 6.45) is 2.21. The van der Waals surface area contributed by atoms with Crippen LogP contribution in [0, 0.1) is 5.41 Å². The second-order valence-electron chi connectivity index (χ2n) is 4.35. The zero-order chi connectivity index (χ0) is 13.1. The molecule has 0 atom stereocenters. The monoisotopic (exact) mass is 257 g/mol. The molecule has 6 heteroatoms. The van der Waals surface area contributed by atoms with Gasteiger partial charge in [0.2, 0.25) is 11.8 Å². The van der Waals surface area contributed by atoms with E-state index < -0.39 is 5.41 Å². The largest absolute Gasteiger partial charge is 0.392 e. The number of nitrogens with two attached hydrogens (primary N) is 1. The van der Waals surface area contributed by atoms with Crippen molar-refractivity contribution in [3.63, 3.8) is 0 Å². The molecule has 0 unspecified atom stereocenters. The third kappa shape index (κ3) is 2.94. The molecule has 0 bridgehead atoms. The molecule has 1 aliphatic rings. The normalized spacial score (nSPS) is 16.1. The number of hydrogen-bond acceptors (Lipinski definition) is 3. The lowest BCUT2D eigenvalue weighted by molar-refractivity contribution is -0.138. The quantitative estimate of drug-likeness (QED) is 0.659. The van der Waals surface area contributed by atoms with Crippen molar-refractivity contribution >= 4 is 29.0 Å². The van der Waals surface area contributed by atoms with Crippen molar-refractivity contribution in [1.29, 1.82) is 0 Å². The summed E-state index contributed by atoms with van der Waals surface area (Å²) >= 11 is 4.95. The second-order valence-corrected chi connectivity index (χ2v) is 4.79. The summed E-state index contributed by atoms with van der Waals surface area (Å²) in [7, 11) is 1.55. The molecule has 0 aromatic heterocycles. The van der Waals surface area contributed by atoms with Gasteiger partial charge < -0.3 is 16.0 Å². The topological polar surface area (TPSA) is 75.4 Å². The van der Waals surface area contributed by atoms with Crippen molar-refractivity contribution in [2.45, 2.75) is 26.2 Å². The summed E-state index contributed by atoms with van der Waals surface area (Å²) in [6.45, 7) is 2.59. The van der Waals surface area contributed by atoms with Crippen LogP contribution in [0.25, 0.3) is 0 Å². The van der Waals surface area contributed by atoms with Crippen molar-refractivity contribution in [1.82, 2.24) is 10.2 Å². The summed E-state index contributed by atoms with van der Waals surface area (Å²) in [6, 6.07) is 0. The molecule has 2 amide bonds. The van der Waals surface area contributed by atoms with Gasteiger partial charge in [0.25, 0.3) is 0 Å². The van der Waals surface area contributed by atoms with E-state index in [0.717, 1.165) is 6.42 Å². The van der Waals surface area contributed by atoms with Crippen molar-refractivity contribution in [2.75, 3.05) is 20.1 Å². The molecule has 1 fully saturated rings. The van der Waals surface area contributed by atoms with Crippen molar-refractivity contribution in [3.05, 3.63) is 0 Å². The van der Waals surface area contributed by atoms with E-state index in [-0.39, 0.29) is 23.3 Å². The van der Waals surface area contributed by atoms with E-state index in [1.165, 1.54) is 0 Å². The Bertz CT molecular complexity index is 340. The first-order chi connectivity index (χ1) is 7.97.